The molecule has 4 heterocycles. The van der Waals surface area contributed by atoms with E-state index >= 15 is 17.6 Å². The highest BCUT2D eigenvalue weighted by Gasteiger charge is 2.59. The Morgan fingerprint density at radius 1 is 0.708 bits per heavy atom. The Labute approximate surface area is 383 Å². The Morgan fingerprint density at radius 3 is 1.48 bits per heavy atom. The zero-order valence-electron chi connectivity index (χ0n) is 32.2. The lowest BCUT2D eigenvalue weighted by Gasteiger charge is -2.35. The minimum Gasteiger partial charge on any atom is -0.468 e. The maximum Gasteiger partial charge on any atom is 0.323 e. The molecule has 0 bridgehead atoms. The lowest BCUT2D eigenvalue weighted by atomic mass is 9.84. The number of ether oxygens (including phenoxy) is 2. The van der Waals surface area contributed by atoms with Gasteiger partial charge in [-0.15, -0.1) is 22.0 Å². The van der Waals surface area contributed by atoms with Crippen molar-refractivity contribution in [1.29, 1.82) is 0 Å². The minimum atomic E-state index is -4.15. The van der Waals surface area contributed by atoms with E-state index in [1.165, 1.54) is 26.4 Å². The van der Waals surface area contributed by atoms with E-state index in [1.807, 2.05) is 0 Å². The standard InChI is InChI=1S/C18H15F4N5O3S.C15H10BrF4N5O.C3H6O2S.2CH4/c1-30-16(28)8-31-12-3-5-15(23-7-12)18(21,22)17(29,9-27-10-24-25-26-27)13-4-2-11(19)6-14(13)20;16-9-1-4-13(21-6-9)15(19,20)14(26,7-25-8-22-23-24-25)11-3-2-10(17)5-12(11)18;1-5-3(4)2-6;;/h2-7,10,29H,8-9H2,1H3;1-6,8,26H,7H2;6H,2H2,1H3;2*1H4. The number of benzene rings is 2. The Kier molecular flexibility index (Phi) is 20.5. The SMILES string of the molecule is C.C.COC(=O)CS.COC(=O)CSc1ccc(C(F)(F)C(O)(Cn2cnnn2)c2ccc(F)cc2F)nc1.OC(Cn1cnnn1)(c1ccc(F)cc1F)C(F)(F)c1ccc(Br)cn1. The van der Waals surface area contributed by atoms with Gasteiger partial charge in [-0.05, 0) is 85.3 Å². The molecule has 4 aromatic heterocycles. The summed E-state index contributed by atoms with van der Waals surface area (Å²) in [4.78, 5) is 28.8. The average Bonchev–Trinajstić information content (AvgIpc) is 3.98. The Hall–Kier alpha value is -5.64. The van der Waals surface area contributed by atoms with E-state index in [-0.39, 0.29) is 32.3 Å². The van der Waals surface area contributed by atoms with Gasteiger partial charge in [0.25, 0.3) is 0 Å². The van der Waals surface area contributed by atoms with Crippen molar-refractivity contribution >= 4 is 52.3 Å². The van der Waals surface area contributed by atoms with Crippen molar-refractivity contribution < 1.29 is 64.4 Å². The Balaban J connectivity index is 0.000000390. The average molecular weight is 1030 g/mol. The van der Waals surface area contributed by atoms with Gasteiger partial charge in [0.2, 0.25) is 0 Å². The number of alkyl halides is 4. The number of tetrazole rings is 2. The van der Waals surface area contributed by atoms with E-state index in [0.717, 1.165) is 82.6 Å². The fourth-order valence-electron chi connectivity index (χ4n) is 5.23. The molecule has 0 aliphatic heterocycles. The molecule has 27 heteroatoms. The van der Waals surface area contributed by atoms with Gasteiger partial charge in [-0.25, -0.2) is 26.9 Å². The molecule has 0 spiro atoms. The number of carbonyl (C=O) groups excluding carboxylic acids is 2. The van der Waals surface area contributed by atoms with Gasteiger partial charge in [-0.2, -0.15) is 30.2 Å². The first kappa shape index (κ1) is 55.5. The van der Waals surface area contributed by atoms with Gasteiger partial charge in [0, 0.05) is 45.0 Å². The van der Waals surface area contributed by atoms with Crippen LogP contribution in [0.25, 0.3) is 0 Å². The third kappa shape index (κ3) is 13.5. The number of nitrogens with zero attached hydrogens (tertiary/aromatic N) is 10. The van der Waals surface area contributed by atoms with Crippen LogP contribution in [0, 0.1) is 23.3 Å². The lowest BCUT2D eigenvalue weighted by Crippen LogP contribution is -2.48. The van der Waals surface area contributed by atoms with E-state index in [2.05, 4.69) is 79.1 Å². The maximum absolute atomic E-state index is 15.5. The van der Waals surface area contributed by atoms with Crippen molar-refractivity contribution in [2.24, 2.45) is 0 Å². The number of halogens is 9. The highest BCUT2D eigenvalue weighted by molar-refractivity contribution is 9.10. The topological polar surface area (TPSA) is 206 Å². The molecule has 0 amide bonds. The molecule has 2 unspecified atom stereocenters. The van der Waals surface area contributed by atoms with Gasteiger partial charge in [-0.3, -0.25) is 19.6 Å². The van der Waals surface area contributed by atoms with Gasteiger partial charge >= 0.3 is 23.8 Å². The number of thiol groups is 1. The molecule has 0 aliphatic rings. The van der Waals surface area contributed by atoms with Gasteiger partial charge in [-0.1, -0.05) is 14.9 Å². The number of hydrogen-bond acceptors (Lipinski definition) is 16. The molecule has 0 radical (unpaired) electrons. The van der Waals surface area contributed by atoms with Crippen LogP contribution in [-0.4, -0.2) is 98.3 Å². The largest absolute Gasteiger partial charge is 0.468 e. The van der Waals surface area contributed by atoms with Crippen molar-refractivity contribution in [1.82, 2.24) is 50.4 Å². The molecule has 6 aromatic rings. The number of esters is 2. The fourth-order valence-corrected chi connectivity index (χ4v) is 6.29. The second-order valence-electron chi connectivity index (χ2n) is 12.5. The first-order valence-corrected chi connectivity index (χ1v) is 19.6. The van der Waals surface area contributed by atoms with Crippen LogP contribution in [-0.2, 0) is 55.2 Å². The quantitative estimate of drug-likeness (QED) is 0.0465. The van der Waals surface area contributed by atoms with Crippen molar-refractivity contribution in [2.45, 2.75) is 55.9 Å². The summed E-state index contributed by atoms with van der Waals surface area (Å²) in [6, 6.07) is 8.28. The molecule has 2 N–H and O–H groups in total. The first-order valence-electron chi connectivity index (χ1n) is 17.2. The third-order valence-corrected chi connectivity index (χ3v) is 10.1. The Bertz CT molecular complexity index is 2430. The second kappa shape index (κ2) is 24.0. The van der Waals surface area contributed by atoms with Gasteiger partial charge < -0.3 is 19.7 Å². The predicted molar refractivity (Wildman–Crippen MR) is 222 cm³/mol. The van der Waals surface area contributed by atoms with E-state index in [9.17, 15) is 37.4 Å². The van der Waals surface area contributed by atoms with Crippen molar-refractivity contribution in [2.75, 3.05) is 25.7 Å². The van der Waals surface area contributed by atoms with Crippen LogP contribution >= 0.6 is 40.3 Å². The number of aromatic nitrogens is 10. The van der Waals surface area contributed by atoms with E-state index in [4.69, 9.17) is 0 Å². The maximum atomic E-state index is 15.5. The number of carbonyl (C=O) groups is 2. The van der Waals surface area contributed by atoms with Gasteiger partial charge in [0.15, 0.2) is 11.2 Å². The van der Waals surface area contributed by atoms with Gasteiger partial charge in [0.1, 0.15) is 47.3 Å². The summed E-state index contributed by atoms with van der Waals surface area (Å²) in [5.41, 5.74) is -9.71. The number of hydrogen-bond donors (Lipinski definition) is 3. The van der Waals surface area contributed by atoms with Crippen molar-refractivity contribution in [3.63, 3.8) is 0 Å². The molecule has 0 aliphatic carbocycles. The molecule has 0 saturated heterocycles. The highest BCUT2D eigenvalue weighted by Crippen LogP contribution is 2.48. The molecular weight excluding hydrogens is 989 g/mol. The second-order valence-corrected chi connectivity index (χ2v) is 14.8. The molecule has 0 fully saturated rings. The summed E-state index contributed by atoms with van der Waals surface area (Å²) in [7, 11) is 2.55. The van der Waals surface area contributed by atoms with Crippen LogP contribution in [0.4, 0.5) is 35.1 Å². The molecule has 16 nitrogen and oxygen atoms in total. The van der Waals surface area contributed by atoms with Crippen LogP contribution in [0.2, 0.25) is 0 Å². The lowest BCUT2D eigenvalue weighted by molar-refractivity contribution is -0.207. The number of thioether (sulfide) groups is 1. The normalized spacial score (nSPS) is 12.9. The summed E-state index contributed by atoms with van der Waals surface area (Å²) in [6.45, 7) is -1.84. The van der Waals surface area contributed by atoms with Gasteiger partial charge in [0.05, 0.1) is 38.8 Å². The number of rotatable bonds is 14. The zero-order valence-corrected chi connectivity index (χ0v) is 35.5. The monoisotopic (exact) mass is 1030 g/mol. The van der Waals surface area contributed by atoms with E-state index in [1.54, 1.807) is 0 Å². The summed E-state index contributed by atoms with van der Waals surface area (Å²) in [6.07, 6.45) is 4.14. The molecule has 352 valence electrons. The fraction of sp³-hybridized carbons (Fsp3) is 0.316. The smallest absolute Gasteiger partial charge is 0.323 e. The van der Waals surface area contributed by atoms with Crippen LogP contribution in [0.3, 0.4) is 0 Å². The summed E-state index contributed by atoms with van der Waals surface area (Å²) >= 11 is 7.70. The molecule has 2 aromatic carbocycles. The number of pyridine rings is 2. The third-order valence-electron chi connectivity index (χ3n) is 8.41. The molecule has 65 heavy (non-hydrogen) atoms. The first-order chi connectivity index (χ1) is 29.7. The van der Waals surface area contributed by atoms with Crippen LogP contribution in [0.1, 0.15) is 37.4 Å². The molecular formula is C38H39BrF8N10O6S2. The zero-order chi connectivity index (χ0) is 46.6. The molecule has 2 atom stereocenters. The van der Waals surface area contributed by atoms with Crippen LogP contribution in [0.15, 0.2) is 95.1 Å². The molecule has 6 rings (SSSR count). The summed E-state index contributed by atoms with van der Waals surface area (Å²) in [5, 5.41) is 42.1. The summed E-state index contributed by atoms with van der Waals surface area (Å²) in [5.74, 6) is -13.6. The number of methoxy groups -OCH3 is 2. The van der Waals surface area contributed by atoms with Crippen LogP contribution in [0.5, 0.6) is 0 Å². The number of aliphatic hydroxyl groups is 2. The summed E-state index contributed by atoms with van der Waals surface area (Å²) < 4.78 is 127. The van der Waals surface area contributed by atoms with E-state index in [0.29, 0.717) is 21.5 Å². The van der Waals surface area contributed by atoms with E-state index < -0.39 is 87.9 Å². The van der Waals surface area contributed by atoms with Crippen LogP contribution < -0.4 is 0 Å². The highest BCUT2D eigenvalue weighted by atomic mass is 79.9. The minimum absolute atomic E-state index is 0. The van der Waals surface area contributed by atoms with Crippen molar-refractivity contribution in [3.05, 3.63) is 136 Å². The molecule has 0 saturated carbocycles. The predicted octanol–water partition coefficient (Wildman–Crippen LogP) is 6.44. The van der Waals surface area contributed by atoms with Crippen molar-refractivity contribution in [3.8, 4) is 0 Å². The Morgan fingerprint density at radius 2 is 1.15 bits per heavy atom.